The molecule has 0 spiro atoms. The number of rotatable bonds is 2. The van der Waals surface area contributed by atoms with Crippen molar-refractivity contribution >= 4 is 35.1 Å². The molecule has 0 atom stereocenters. The molecule has 0 amide bonds. The first-order valence-corrected chi connectivity index (χ1v) is 6.81. The fourth-order valence-electron chi connectivity index (χ4n) is 1.93. The zero-order chi connectivity index (χ0) is 11.5. The second-order valence-electron chi connectivity index (χ2n) is 4.09. The van der Waals surface area contributed by atoms with Gasteiger partial charge < -0.3 is 18.6 Å². The van der Waals surface area contributed by atoms with E-state index >= 15 is 0 Å². The number of hydrogen-bond acceptors (Lipinski definition) is 5. The van der Waals surface area contributed by atoms with Crippen LogP contribution in [0, 0.1) is 0 Å². The van der Waals surface area contributed by atoms with Gasteiger partial charge in [-0.05, 0) is 12.8 Å². The highest BCUT2D eigenvalue weighted by atomic mass is 32.1. The molecule has 3 rings (SSSR count). The maximum absolute atomic E-state index is 5.57. The minimum absolute atomic E-state index is 0.203. The summed E-state index contributed by atoms with van der Waals surface area (Å²) in [6.07, 6.45) is 1.95. The van der Waals surface area contributed by atoms with Crippen molar-refractivity contribution in [3.05, 3.63) is 12.1 Å². The molecule has 0 N–H and O–H groups in total. The Balaban J connectivity index is 1.68. The monoisotopic (exact) mass is 252 g/mol. The lowest BCUT2D eigenvalue weighted by Crippen LogP contribution is -2.41. The van der Waals surface area contributed by atoms with Gasteiger partial charge in [-0.25, -0.2) is 0 Å². The molecule has 2 saturated heterocycles. The summed E-state index contributed by atoms with van der Waals surface area (Å²) < 4.78 is 24.5. The normalized spacial score (nSPS) is 21.9. The molecule has 90 valence electrons. The highest BCUT2D eigenvalue weighted by Gasteiger charge is 2.31. The number of hydrogen-bond donors (Lipinski definition) is 0. The van der Waals surface area contributed by atoms with Gasteiger partial charge in [-0.3, -0.25) is 0 Å². The molecule has 2 aliphatic rings. The third-order valence-corrected chi connectivity index (χ3v) is 3.89. The minimum atomic E-state index is -0.203. The van der Waals surface area contributed by atoms with Crippen LogP contribution >= 0.6 is 11.3 Å². The Morgan fingerprint density at radius 2 is 1.18 bits per heavy atom. The van der Waals surface area contributed by atoms with E-state index in [-0.39, 0.29) is 14.2 Å². The summed E-state index contributed by atoms with van der Waals surface area (Å²) >= 11 is 1.65. The SMILES string of the molecule is c1cc(B2OCCCO2)sc1B1OCCCO1. The molecule has 0 unspecified atom stereocenters. The molecular weight excluding hydrogens is 238 g/mol. The van der Waals surface area contributed by atoms with Crippen LogP contribution < -0.4 is 9.55 Å². The van der Waals surface area contributed by atoms with Crippen molar-refractivity contribution in [3.8, 4) is 0 Å². The third kappa shape index (κ3) is 2.74. The van der Waals surface area contributed by atoms with Gasteiger partial charge >= 0.3 is 14.2 Å². The molecule has 1 aromatic rings. The summed E-state index contributed by atoms with van der Waals surface area (Å²) in [6.45, 7) is 3.09. The molecule has 0 aliphatic carbocycles. The van der Waals surface area contributed by atoms with Gasteiger partial charge in [0.05, 0.1) is 0 Å². The molecule has 3 heterocycles. The van der Waals surface area contributed by atoms with Crippen LogP contribution in [0.15, 0.2) is 12.1 Å². The molecule has 4 nitrogen and oxygen atoms in total. The molecule has 1 aromatic heterocycles. The highest BCUT2D eigenvalue weighted by Crippen LogP contribution is 2.08. The van der Waals surface area contributed by atoms with E-state index in [9.17, 15) is 0 Å². The smallest absolute Gasteiger partial charge is 0.407 e. The molecule has 2 aliphatic heterocycles. The zero-order valence-corrected chi connectivity index (χ0v) is 10.4. The van der Waals surface area contributed by atoms with Crippen LogP contribution in [0.3, 0.4) is 0 Å². The quantitative estimate of drug-likeness (QED) is 0.695. The van der Waals surface area contributed by atoms with E-state index in [4.69, 9.17) is 18.6 Å². The van der Waals surface area contributed by atoms with E-state index in [0.29, 0.717) is 0 Å². The van der Waals surface area contributed by atoms with E-state index in [0.717, 1.165) is 48.8 Å². The highest BCUT2D eigenvalue weighted by molar-refractivity contribution is 7.30. The Morgan fingerprint density at radius 3 is 1.59 bits per heavy atom. The topological polar surface area (TPSA) is 36.9 Å². The standard InChI is InChI=1S/C10H14B2O4S/c1-5-13-11(14-6-1)9-3-4-10(17-9)12-15-7-2-8-16-12/h3-4H,1-2,5-8H2. The summed E-state index contributed by atoms with van der Waals surface area (Å²) in [4.78, 5) is 0. The summed E-state index contributed by atoms with van der Waals surface area (Å²) in [5.74, 6) is 0. The van der Waals surface area contributed by atoms with Crippen LogP contribution in [-0.2, 0) is 18.6 Å². The van der Waals surface area contributed by atoms with E-state index in [1.54, 1.807) is 11.3 Å². The lowest BCUT2D eigenvalue weighted by Gasteiger charge is -2.19. The van der Waals surface area contributed by atoms with Crippen molar-refractivity contribution in [3.63, 3.8) is 0 Å². The second-order valence-corrected chi connectivity index (χ2v) is 5.24. The largest absolute Gasteiger partial charge is 0.504 e. The Morgan fingerprint density at radius 1 is 0.765 bits per heavy atom. The van der Waals surface area contributed by atoms with E-state index < -0.39 is 0 Å². The van der Waals surface area contributed by atoms with Crippen LogP contribution in [0.5, 0.6) is 0 Å². The van der Waals surface area contributed by atoms with E-state index in [1.807, 2.05) is 12.1 Å². The van der Waals surface area contributed by atoms with Crippen LogP contribution in [0.1, 0.15) is 12.8 Å². The molecule has 17 heavy (non-hydrogen) atoms. The first-order chi connectivity index (χ1) is 8.43. The molecular formula is C10H14B2O4S. The molecule has 0 bridgehead atoms. The average Bonchev–Trinajstić information content (AvgIpc) is 2.90. The zero-order valence-electron chi connectivity index (χ0n) is 9.59. The summed E-state index contributed by atoms with van der Waals surface area (Å²) in [7, 11) is -0.405. The van der Waals surface area contributed by atoms with Crippen LogP contribution in [0.4, 0.5) is 0 Å². The lowest BCUT2D eigenvalue weighted by molar-refractivity contribution is 0.143. The third-order valence-electron chi connectivity index (χ3n) is 2.77. The Hall–Kier alpha value is -0.330. The van der Waals surface area contributed by atoms with E-state index in [1.165, 1.54) is 0 Å². The van der Waals surface area contributed by atoms with Crippen molar-refractivity contribution in [2.75, 3.05) is 26.4 Å². The van der Waals surface area contributed by atoms with Gasteiger partial charge in [-0.1, -0.05) is 12.1 Å². The molecule has 0 saturated carbocycles. The first-order valence-electron chi connectivity index (χ1n) is 5.99. The molecule has 7 heteroatoms. The molecule has 2 fully saturated rings. The Bertz CT molecular complexity index is 328. The van der Waals surface area contributed by atoms with E-state index in [2.05, 4.69) is 0 Å². The fourth-order valence-corrected chi connectivity index (χ4v) is 2.93. The van der Waals surface area contributed by atoms with Crippen molar-refractivity contribution < 1.29 is 18.6 Å². The predicted octanol–water partition coefficient (Wildman–Crippen LogP) is 0.0123. The van der Waals surface area contributed by atoms with Gasteiger partial charge in [0.2, 0.25) is 0 Å². The maximum atomic E-state index is 5.57. The number of thiophene rings is 1. The van der Waals surface area contributed by atoms with Crippen molar-refractivity contribution in [1.29, 1.82) is 0 Å². The van der Waals surface area contributed by atoms with Gasteiger partial charge in [0.15, 0.2) is 0 Å². The van der Waals surface area contributed by atoms with Gasteiger partial charge in [0, 0.05) is 36.0 Å². The summed E-state index contributed by atoms with van der Waals surface area (Å²) in [5.41, 5.74) is 0. The van der Waals surface area contributed by atoms with Crippen molar-refractivity contribution in [1.82, 2.24) is 0 Å². The molecule has 0 aromatic carbocycles. The first kappa shape index (κ1) is 11.7. The van der Waals surface area contributed by atoms with Crippen LogP contribution in [0.2, 0.25) is 0 Å². The Kier molecular flexibility index (Phi) is 3.83. The lowest BCUT2D eigenvalue weighted by atomic mass is 9.84. The second kappa shape index (κ2) is 5.54. The average molecular weight is 252 g/mol. The van der Waals surface area contributed by atoms with Gasteiger partial charge in [-0.15, -0.1) is 0 Å². The maximum Gasteiger partial charge on any atom is 0.504 e. The predicted molar refractivity (Wildman–Crippen MR) is 68.1 cm³/mol. The fraction of sp³-hybridized carbons (Fsp3) is 0.600. The van der Waals surface area contributed by atoms with Gasteiger partial charge in [-0.2, -0.15) is 11.3 Å². The minimum Gasteiger partial charge on any atom is -0.407 e. The summed E-state index contributed by atoms with van der Waals surface area (Å²) in [5, 5.41) is 0. The van der Waals surface area contributed by atoms with Crippen molar-refractivity contribution in [2.24, 2.45) is 0 Å². The molecule has 0 radical (unpaired) electrons. The van der Waals surface area contributed by atoms with Crippen molar-refractivity contribution in [2.45, 2.75) is 12.8 Å². The van der Waals surface area contributed by atoms with Crippen LogP contribution in [-0.4, -0.2) is 40.7 Å². The Labute approximate surface area is 105 Å². The van der Waals surface area contributed by atoms with Gasteiger partial charge in [0.1, 0.15) is 0 Å². The summed E-state index contributed by atoms with van der Waals surface area (Å²) in [6, 6.07) is 4.08. The van der Waals surface area contributed by atoms with Gasteiger partial charge in [0.25, 0.3) is 0 Å². The van der Waals surface area contributed by atoms with Crippen LogP contribution in [0.25, 0.3) is 0 Å².